The third kappa shape index (κ3) is 30.0. The Morgan fingerprint density at radius 1 is 0.660 bits per heavy atom. The fourth-order valence-electron chi connectivity index (χ4n) is 5.41. The fraction of sp³-hybridized carbons (Fsp3) is 0.914. The number of carbonyl (C=O) groups is 3. The molecule has 0 aliphatic carbocycles. The van der Waals surface area contributed by atoms with Crippen LogP contribution in [0.2, 0.25) is 0 Å². The van der Waals surface area contributed by atoms with Gasteiger partial charge in [0.15, 0.2) is 6.29 Å². The average Bonchev–Trinajstić information content (AvgIpc) is 3.06. The Balaban J connectivity index is 3.78. The lowest BCUT2D eigenvalue weighted by atomic mass is 10.1. The zero-order chi connectivity index (χ0) is 34.8. The molecule has 3 unspecified atom stereocenters. The molecule has 0 aromatic rings. The van der Waals surface area contributed by atoms with Gasteiger partial charge in [0.1, 0.15) is 6.04 Å². The number of hydrogen-bond acceptors (Lipinski definition) is 10. The summed E-state index contributed by atoms with van der Waals surface area (Å²) in [7, 11) is 0. The smallest absolute Gasteiger partial charge is 0.347 e. The first-order valence-electron chi connectivity index (χ1n) is 18.8. The number of amides is 2. The molecule has 0 saturated carbocycles. The Hall–Kier alpha value is -1.83. The summed E-state index contributed by atoms with van der Waals surface area (Å²) in [6, 6.07) is -1.16. The van der Waals surface area contributed by atoms with Crippen LogP contribution in [0.1, 0.15) is 167 Å². The van der Waals surface area contributed by atoms with Crippen LogP contribution in [0.3, 0.4) is 0 Å². The monoisotopic (exact) mass is 673 g/mol. The van der Waals surface area contributed by atoms with Gasteiger partial charge in [-0.05, 0) is 64.3 Å². The van der Waals surface area contributed by atoms with E-state index < -0.39 is 24.3 Å². The quantitative estimate of drug-likeness (QED) is 0.0275. The van der Waals surface area contributed by atoms with Crippen LogP contribution in [0.15, 0.2) is 0 Å². The molecule has 0 aliphatic heterocycles. The minimum Gasteiger partial charge on any atom is -0.369 e. The number of aliphatic hydroxyl groups excluding tert-OH is 1. The first-order chi connectivity index (χ1) is 22.8. The molecule has 12 nitrogen and oxygen atoms in total. The summed E-state index contributed by atoms with van der Waals surface area (Å²) in [6.07, 6.45) is 23.2. The van der Waals surface area contributed by atoms with E-state index in [1.54, 1.807) is 0 Å². The molecule has 0 aromatic heterocycles. The van der Waals surface area contributed by atoms with Crippen LogP contribution in [0.4, 0.5) is 0 Å². The predicted molar refractivity (Wildman–Crippen MR) is 188 cm³/mol. The molecule has 0 rings (SSSR count). The number of rotatable bonds is 35. The highest BCUT2D eigenvalue weighted by Gasteiger charge is 2.22. The van der Waals surface area contributed by atoms with Crippen LogP contribution >= 0.6 is 0 Å². The summed E-state index contributed by atoms with van der Waals surface area (Å²) in [5.41, 5.74) is 14.1. The van der Waals surface area contributed by atoms with Crippen molar-refractivity contribution in [3.63, 3.8) is 0 Å². The van der Waals surface area contributed by atoms with Gasteiger partial charge in [0.25, 0.3) is 0 Å². The number of aliphatic hydroxyl groups is 1. The van der Waals surface area contributed by atoms with Crippen molar-refractivity contribution < 1.29 is 29.2 Å². The van der Waals surface area contributed by atoms with Gasteiger partial charge in [-0.3, -0.25) is 14.4 Å². The predicted octanol–water partition coefficient (Wildman–Crippen LogP) is 4.90. The van der Waals surface area contributed by atoms with Crippen LogP contribution in [0, 0.1) is 0 Å². The zero-order valence-corrected chi connectivity index (χ0v) is 29.8. The standard InChI is InChI=1S/C35H72N6O6/c1-2-3-4-5-6-10-14-17-26-33(43)41-31(24-18-20-27-36)35(45)47-40-29-21-15-12-9-7-8-11-13-16-25-32(42)39-28-22-19-23-30(37)34(44)46-38/h30-31,34,40,44H,2-29,36-38H2,1H3,(H,39,42)(H,41,43). The Morgan fingerprint density at radius 2 is 1.17 bits per heavy atom. The lowest BCUT2D eigenvalue weighted by Gasteiger charge is -2.17. The molecule has 0 aliphatic rings. The van der Waals surface area contributed by atoms with Gasteiger partial charge in [-0.2, -0.15) is 5.48 Å². The van der Waals surface area contributed by atoms with Crippen molar-refractivity contribution in [2.45, 2.75) is 186 Å². The molecule has 0 spiro atoms. The van der Waals surface area contributed by atoms with Crippen LogP contribution in [-0.2, 0) is 24.1 Å². The number of carbonyl (C=O) groups excluding carboxylic acids is 3. The second kappa shape index (κ2) is 34.0. The minimum absolute atomic E-state index is 0.0832. The van der Waals surface area contributed by atoms with E-state index in [2.05, 4.69) is 27.9 Å². The van der Waals surface area contributed by atoms with Gasteiger partial charge in [0.05, 0.1) is 6.04 Å². The van der Waals surface area contributed by atoms with Crippen LogP contribution in [0.5, 0.6) is 0 Å². The molecule has 47 heavy (non-hydrogen) atoms. The molecular formula is C35H72N6O6. The van der Waals surface area contributed by atoms with Crippen molar-refractivity contribution in [1.82, 2.24) is 16.1 Å². The van der Waals surface area contributed by atoms with Gasteiger partial charge in [-0.15, -0.1) is 0 Å². The van der Waals surface area contributed by atoms with Gasteiger partial charge < -0.3 is 32.0 Å². The number of unbranched alkanes of at least 4 members (excludes halogenated alkanes) is 17. The minimum atomic E-state index is -1.15. The van der Waals surface area contributed by atoms with Crippen molar-refractivity contribution >= 4 is 17.8 Å². The Bertz CT molecular complexity index is 747. The highest BCUT2D eigenvalue weighted by atomic mass is 16.7. The molecular weight excluding hydrogens is 600 g/mol. The average molecular weight is 673 g/mol. The van der Waals surface area contributed by atoms with Gasteiger partial charge in [-0.1, -0.05) is 96.8 Å². The summed E-state index contributed by atoms with van der Waals surface area (Å²) in [5.74, 6) is 4.48. The highest BCUT2D eigenvalue weighted by Crippen LogP contribution is 2.12. The third-order valence-corrected chi connectivity index (χ3v) is 8.47. The lowest BCUT2D eigenvalue weighted by Crippen LogP contribution is -2.43. The second-order valence-electron chi connectivity index (χ2n) is 12.9. The molecule has 0 heterocycles. The summed E-state index contributed by atoms with van der Waals surface area (Å²) in [6.45, 7) is 3.98. The molecule has 12 heteroatoms. The number of nitrogens with two attached hydrogens (primary N) is 3. The topological polar surface area (TPSA) is 204 Å². The van der Waals surface area contributed by atoms with E-state index in [1.165, 1.54) is 51.4 Å². The molecule has 0 aromatic carbocycles. The van der Waals surface area contributed by atoms with Crippen LogP contribution in [0.25, 0.3) is 0 Å². The molecule has 0 bridgehead atoms. The lowest BCUT2D eigenvalue weighted by molar-refractivity contribution is -0.155. The Morgan fingerprint density at radius 3 is 1.74 bits per heavy atom. The normalized spacial score (nSPS) is 13.2. The first-order valence-corrected chi connectivity index (χ1v) is 18.8. The molecule has 2 amide bonds. The van der Waals surface area contributed by atoms with Gasteiger partial charge in [0.2, 0.25) is 11.8 Å². The van der Waals surface area contributed by atoms with E-state index in [9.17, 15) is 19.5 Å². The molecule has 0 saturated heterocycles. The zero-order valence-electron chi connectivity index (χ0n) is 29.8. The maximum Gasteiger partial charge on any atom is 0.347 e. The van der Waals surface area contributed by atoms with Gasteiger partial charge >= 0.3 is 5.97 Å². The molecule has 3 atom stereocenters. The molecule has 0 radical (unpaired) electrons. The van der Waals surface area contributed by atoms with Crippen molar-refractivity contribution in [3.05, 3.63) is 0 Å². The second-order valence-corrected chi connectivity index (χ2v) is 12.9. The van der Waals surface area contributed by atoms with E-state index in [1.807, 2.05) is 0 Å². The fourth-order valence-corrected chi connectivity index (χ4v) is 5.41. The van der Waals surface area contributed by atoms with E-state index in [0.717, 1.165) is 83.5 Å². The third-order valence-electron chi connectivity index (χ3n) is 8.47. The van der Waals surface area contributed by atoms with Crippen molar-refractivity contribution in [3.8, 4) is 0 Å². The molecule has 278 valence electrons. The maximum absolute atomic E-state index is 12.6. The first kappa shape index (κ1) is 45.2. The Kier molecular flexibility index (Phi) is 32.7. The molecule has 10 N–H and O–H groups in total. The SMILES string of the molecule is CCCCCCCCCCC(=O)NC(CCCCN)C(=O)ONCCCCCCCCCCCC(=O)NCCCCC(N)C(O)ON. The number of nitrogens with one attached hydrogen (secondary N) is 3. The van der Waals surface area contributed by atoms with E-state index in [4.69, 9.17) is 22.2 Å². The summed E-state index contributed by atoms with van der Waals surface area (Å²) < 4.78 is 0. The maximum atomic E-state index is 12.6. The van der Waals surface area contributed by atoms with E-state index in [-0.39, 0.29) is 11.8 Å². The van der Waals surface area contributed by atoms with Crippen molar-refractivity contribution in [2.75, 3.05) is 19.6 Å². The van der Waals surface area contributed by atoms with Crippen LogP contribution < -0.4 is 33.5 Å². The number of hydrogen-bond donors (Lipinski definition) is 7. The van der Waals surface area contributed by atoms with E-state index in [0.29, 0.717) is 45.3 Å². The Labute approximate surface area is 285 Å². The van der Waals surface area contributed by atoms with Gasteiger partial charge in [-0.25, -0.2) is 10.7 Å². The van der Waals surface area contributed by atoms with Crippen molar-refractivity contribution in [1.29, 1.82) is 0 Å². The van der Waals surface area contributed by atoms with Crippen molar-refractivity contribution in [2.24, 2.45) is 17.4 Å². The van der Waals surface area contributed by atoms with Gasteiger partial charge in [0, 0.05) is 25.9 Å². The van der Waals surface area contributed by atoms with E-state index >= 15 is 0 Å². The summed E-state index contributed by atoms with van der Waals surface area (Å²) >= 11 is 0. The highest BCUT2D eigenvalue weighted by molar-refractivity contribution is 5.84. The largest absolute Gasteiger partial charge is 0.369 e. The molecule has 0 fully saturated rings. The van der Waals surface area contributed by atoms with Crippen LogP contribution in [-0.4, -0.2) is 60.9 Å². The summed E-state index contributed by atoms with van der Waals surface area (Å²) in [5, 5.41) is 15.2. The summed E-state index contributed by atoms with van der Waals surface area (Å²) in [4.78, 5) is 46.7. The number of hydroxylamine groups is 1.